The third-order valence-corrected chi connectivity index (χ3v) is 5.51. The van der Waals surface area contributed by atoms with Gasteiger partial charge in [-0.05, 0) is 41.9 Å². The van der Waals surface area contributed by atoms with Crippen molar-refractivity contribution in [1.29, 1.82) is 0 Å². The quantitative estimate of drug-likeness (QED) is 0.578. The monoisotopic (exact) mass is 436 g/mol. The van der Waals surface area contributed by atoms with Crippen molar-refractivity contribution >= 4 is 11.8 Å². The van der Waals surface area contributed by atoms with Crippen LogP contribution in [-0.2, 0) is 22.7 Å². The van der Waals surface area contributed by atoms with Gasteiger partial charge in [0.05, 0.1) is 27.3 Å². The minimum Gasteiger partial charge on any atom is -0.497 e. The molecule has 9 nitrogen and oxygen atoms in total. The molecule has 0 radical (unpaired) electrons. The lowest BCUT2D eigenvalue weighted by molar-refractivity contribution is -0.135. The van der Waals surface area contributed by atoms with E-state index in [0.717, 1.165) is 16.9 Å². The summed E-state index contributed by atoms with van der Waals surface area (Å²) in [5.41, 5.74) is 2.70. The molecule has 0 bridgehead atoms. The maximum atomic E-state index is 12.9. The Morgan fingerprint density at radius 2 is 1.91 bits per heavy atom. The maximum absolute atomic E-state index is 12.9. The van der Waals surface area contributed by atoms with Gasteiger partial charge in [-0.2, -0.15) is 0 Å². The van der Waals surface area contributed by atoms with Crippen molar-refractivity contribution in [3.05, 3.63) is 59.8 Å². The Hall–Kier alpha value is -3.88. The molecule has 1 N–H and O–H groups in total. The van der Waals surface area contributed by atoms with Gasteiger partial charge in [-0.15, -0.1) is 0 Å². The Kier molecular flexibility index (Phi) is 6.34. The number of nitrogens with zero attached hydrogens (tertiary/aromatic N) is 3. The van der Waals surface area contributed by atoms with Gasteiger partial charge in [0.25, 0.3) is 0 Å². The Bertz CT molecular complexity index is 1100. The van der Waals surface area contributed by atoms with E-state index in [1.54, 1.807) is 19.1 Å². The summed E-state index contributed by atoms with van der Waals surface area (Å²) < 4.78 is 15.4. The highest BCUT2D eigenvalue weighted by Crippen LogP contribution is 2.27. The van der Waals surface area contributed by atoms with Crippen LogP contribution < -0.4 is 14.8 Å². The topological polar surface area (TPSA) is 107 Å². The second kappa shape index (κ2) is 9.51. The standard InChI is InChI=1S/C23H24N4O5/c1-30-17-9-7-15(8-10-17)22-18(25-32-26-22)13-24-23(29)19-11-12-21(28)27(19)14-16-5-3-4-6-20(16)31-2/h3-10,19H,11-14H2,1-2H3,(H,24,29). The summed E-state index contributed by atoms with van der Waals surface area (Å²) in [5, 5.41) is 10.8. The van der Waals surface area contributed by atoms with E-state index in [4.69, 9.17) is 14.1 Å². The Labute approximate surface area is 185 Å². The molecule has 166 valence electrons. The molecule has 3 aromatic rings. The minimum atomic E-state index is -0.559. The van der Waals surface area contributed by atoms with Gasteiger partial charge in [-0.25, -0.2) is 4.63 Å². The van der Waals surface area contributed by atoms with Crippen molar-refractivity contribution in [3.63, 3.8) is 0 Å². The van der Waals surface area contributed by atoms with Crippen molar-refractivity contribution in [3.8, 4) is 22.8 Å². The molecule has 0 aliphatic carbocycles. The molecule has 1 unspecified atom stereocenters. The van der Waals surface area contributed by atoms with Crippen LogP contribution in [0.4, 0.5) is 0 Å². The number of carbonyl (C=O) groups is 2. The summed E-state index contributed by atoms with van der Waals surface area (Å²) >= 11 is 0. The summed E-state index contributed by atoms with van der Waals surface area (Å²) in [6.07, 6.45) is 0.790. The first-order valence-corrected chi connectivity index (χ1v) is 10.3. The second-order valence-corrected chi connectivity index (χ2v) is 7.39. The van der Waals surface area contributed by atoms with Gasteiger partial charge in [0, 0.05) is 17.5 Å². The van der Waals surface area contributed by atoms with Crippen LogP contribution in [0.2, 0.25) is 0 Å². The molecular formula is C23H24N4O5. The van der Waals surface area contributed by atoms with Crippen LogP contribution in [0.3, 0.4) is 0 Å². The number of para-hydroxylation sites is 1. The molecule has 2 aromatic carbocycles. The lowest BCUT2D eigenvalue weighted by Crippen LogP contribution is -2.44. The molecule has 32 heavy (non-hydrogen) atoms. The van der Waals surface area contributed by atoms with Gasteiger partial charge in [-0.3, -0.25) is 9.59 Å². The van der Waals surface area contributed by atoms with Crippen molar-refractivity contribution in [2.45, 2.75) is 32.0 Å². The zero-order valence-electron chi connectivity index (χ0n) is 17.9. The number of carbonyl (C=O) groups excluding carboxylic acids is 2. The highest BCUT2D eigenvalue weighted by atomic mass is 16.6. The van der Waals surface area contributed by atoms with Crippen molar-refractivity contribution in [2.75, 3.05) is 14.2 Å². The van der Waals surface area contributed by atoms with Gasteiger partial charge in [0.1, 0.15) is 28.9 Å². The lowest BCUT2D eigenvalue weighted by atomic mass is 10.1. The van der Waals surface area contributed by atoms with Gasteiger partial charge in [-0.1, -0.05) is 23.4 Å². The van der Waals surface area contributed by atoms with Crippen LogP contribution in [0.25, 0.3) is 11.3 Å². The molecule has 1 atom stereocenters. The van der Waals surface area contributed by atoms with E-state index < -0.39 is 6.04 Å². The number of hydrogen-bond donors (Lipinski definition) is 1. The summed E-state index contributed by atoms with van der Waals surface area (Å²) in [6.45, 7) is 0.445. The van der Waals surface area contributed by atoms with Crippen LogP contribution >= 0.6 is 0 Å². The van der Waals surface area contributed by atoms with Crippen LogP contribution in [0, 0.1) is 0 Å². The Morgan fingerprint density at radius 3 is 2.66 bits per heavy atom. The molecule has 0 spiro atoms. The number of amides is 2. The molecule has 4 rings (SSSR count). The van der Waals surface area contributed by atoms with E-state index in [0.29, 0.717) is 36.5 Å². The molecule has 1 saturated heterocycles. The summed E-state index contributed by atoms with van der Waals surface area (Å²) in [4.78, 5) is 27.0. The molecule has 9 heteroatoms. The Balaban J connectivity index is 1.44. The largest absolute Gasteiger partial charge is 0.497 e. The molecular weight excluding hydrogens is 412 g/mol. The smallest absolute Gasteiger partial charge is 0.243 e. The fourth-order valence-electron chi connectivity index (χ4n) is 3.80. The second-order valence-electron chi connectivity index (χ2n) is 7.39. The molecule has 2 amide bonds. The highest BCUT2D eigenvalue weighted by Gasteiger charge is 2.36. The van der Waals surface area contributed by atoms with Gasteiger partial charge < -0.3 is 19.7 Å². The van der Waals surface area contributed by atoms with E-state index in [1.807, 2.05) is 48.5 Å². The van der Waals surface area contributed by atoms with E-state index in [2.05, 4.69) is 15.6 Å². The first-order valence-electron chi connectivity index (χ1n) is 10.3. The third-order valence-electron chi connectivity index (χ3n) is 5.51. The number of aromatic nitrogens is 2. The fraction of sp³-hybridized carbons (Fsp3) is 0.304. The number of rotatable bonds is 8. The molecule has 1 aromatic heterocycles. The minimum absolute atomic E-state index is 0.0573. The summed E-state index contributed by atoms with van der Waals surface area (Å²) in [6, 6.07) is 14.2. The normalized spacial score (nSPS) is 15.6. The van der Waals surface area contributed by atoms with E-state index in [9.17, 15) is 9.59 Å². The number of benzene rings is 2. The number of methoxy groups -OCH3 is 2. The zero-order valence-corrected chi connectivity index (χ0v) is 17.9. The molecule has 2 heterocycles. The van der Waals surface area contributed by atoms with E-state index >= 15 is 0 Å². The van der Waals surface area contributed by atoms with E-state index in [-0.39, 0.29) is 18.4 Å². The highest BCUT2D eigenvalue weighted by molar-refractivity contribution is 5.91. The van der Waals surface area contributed by atoms with Crippen molar-refractivity contribution in [1.82, 2.24) is 20.5 Å². The average Bonchev–Trinajstić information content (AvgIpc) is 3.45. The number of ether oxygens (including phenoxy) is 2. The average molecular weight is 436 g/mol. The zero-order chi connectivity index (χ0) is 22.5. The number of hydrogen-bond acceptors (Lipinski definition) is 7. The van der Waals surface area contributed by atoms with Crippen molar-refractivity contribution < 1.29 is 23.7 Å². The summed E-state index contributed by atoms with van der Waals surface area (Å²) in [5.74, 6) is 1.11. The number of nitrogens with one attached hydrogen (secondary N) is 1. The first-order chi connectivity index (χ1) is 15.6. The van der Waals surface area contributed by atoms with Crippen LogP contribution in [0.1, 0.15) is 24.1 Å². The van der Waals surface area contributed by atoms with Crippen LogP contribution in [0.5, 0.6) is 11.5 Å². The van der Waals surface area contributed by atoms with E-state index in [1.165, 1.54) is 0 Å². The predicted molar refractivity (Wildman–Crippen MR) is 115 cm³/mol. The van der Waals surface area contributed by atoms with Gasteiger partial charge in [0.15, 0.2) is 0 Å². The maximum Gasteiger partial charge on any atom is 0.243 e. The molecule has 1 aliphatic rings. The molecule has 1 fully saturated rings. The lowest BCUT2D eigenvalue weighted by Gasteiger charge is -2.24. The first kappa shape index (κ1) is 21.4. The summed E-state index contributed by atoms with van der Waals surface area (Å²) in [7, 11) is 3.18. The van der Waals surface area contributed by atoms with Crippen LogP contribution in [0.15, 0.2) is 53.2 Å². The predicted octanol–water partition coefficient (Wildman–Crippen LogP) is 2.56. The Morgan fingerprint density at radius 1 is 1.12 bits per heavy atom. The molecule has 0 saturated carbocycles. The third kappa shape index (κ3) is 4.41. The van der Waals surface area contributed by atoms with Gasteiger partial charge in [0.2, 0.25) is 11.8 Å². The molecule has 1 aliphatic heterocycles. The van der Waals surface area contributed by atoms with Gasteiger partial charge >= 0.3 is 0 Å². The number of likely N-dealkylation sites (tertiary alicyclic amines) is 1. The van der Waals surface area contributed by atoms with Crippen molar-refractivity contribution in [2.24, 2.45) is 0 Å². The SMILES string of the molecule is COc1ccc(-c2nonc2CNC(=O)C2CCC(=O)N2Cc2ccccc2OC)cc1. The van der Waals surface area contributed by atoms with Crippen LogP contribution in [-0.4, -0.2) is 47.3 Å². The fourth-order valence-corrected chi connectivity index (χ4v) is 3.80.